The minimum atomic E-state index is -4.97. The quantitative estimate of drug-likeness (QED) is 0.0379. The fourth-order valence-corrected chi connectivity index (χ4v) is 4.29. The SMILES string of the molecule is O=C(/C=C\C(=O)OCCCCCCOC(=O)c1cc(C(=O)OCCCCCCO)cc(S(=O)(=O)[O-])c1)OCCCCCCO.[Na+]. The average Bonchev–Trinajstić information content (AvgIpc) is 2.99. The van der Waals surface area contributed by atoms with Gasteiger partial charge < -0.3 is 33.7 Å². The number of benzene rings is 1. The molecular weight excluding hydrogens is 623 g/mol. The molecule has 0 atom stereocenters. The Labute approximate surface area is 286 Å². The molecule has 0 amide bonds. The van der Waals surface area contributed by atoms with Gasteiger partial charge in [0.15, 0.2) is 0 Å². The molecule has 0 aromatic heterocycles. The Hall–Kier alpha value is -2.33. The number of hydrogen-bond donors (Lipinski definition) is 2. The van der Waals surface area contributed by atoms with E-state index in [9.17, 15) is 32.1 Å². The molecular formula is C30H43NaO13S. The van der Waals surface area contributed by atoms with Gasteiger partial charge in [-0.2, -0.15) is 0 Å². The molecule has 0 radical (unpaired) electrons. The molecule has 0 aliphatic carbocycles. The van der Waals surface area contributed by atoms with E-state index in [-0.39, 0.29) is 80.3 Å². The van der Waals surface area contributed by atoms with Gasteiger partial charge in [0.2, 0.25) is 0 Å². The Morgan fingerprint density at radius 3 is 1.24 bits per heavy atom. The molecule has 0 aliphatic rings. The third-order valence-electron chi connectivity index (χ3n) is 6.12. The number of hydrogen-bond acceptors (Lipinski definition) is 13. The van der Waals surface area contributed by atoms with Gasteiger partial charge in [-0.05, 0) is 82.4 Å². The number of esters is 4. The molecule has 1 aromatic carbocycles. The predicted octanol–water partition coefficient (Wildman–Crippen LogP) is 0.217. The van der Waals surface area contributed by atoms with E-state index in [1.165, 1.54) is 0 Å². The van der Waals surface area contributed by atoms with Crippen LogP contribution in [0.15, 0.2) is 35.2 Å². The molecule has 0 aliphatic heterocycles. The first-order chi connectivity index (χ1) is 21.1. The number of aliphatic hydroxyl groups is 2. The van der Waals surface area contributed by atoms with Gasteiger partial charge in [0.05, 0.1) is 42.4 Å². The first-order valence-corrected chi connectivity index (χ1v) is 16.2. The third-order valence-corrected chi connectivity index (χ3v) is 6.93. The number of carbonyl (C=O) groups is 4. The van der Waals surface area contributed by atoms with Crippen molar-refractivity contribution in [3.05, 3.63) is 41.5 Å². The second-order valence-electron chi connectivity index (χ2n) is 9.83. The second-order valence-corrected chi connectivity index (χ2v) is 11.2. The molecule has 1 rings (SSSR count). The minimum Gasteiger partial charge on any atom is -0.744 e. The summed E-state index contributed by atoms with van der Waals surface area (Å²) < 4.78 is 55.0. The molecule has 1 aromatic rings. The van der Waals surface area contributed by atoms with Crippen LogP contribution in [0.5, 0.6) is 0 Å². The number of carbonyl (C=O) groups excluding carboxylic acids is 4. The minimum absolute atomic E-state index is 0. The van der Waals surface area contributed by atoms with E-state index in [0.29, 0.717) is 51.4 Å². The Bertz CT molecular complexity index is 1170. The van der Waals surface area contributed by atoms with Gasteiger partial charge in [0, 0.05) is 25.4 Å². The van der Waals surface area contributed by atoms with Gasteiger partial charge in [-0.25, -0.2) is 27.6 Å². The van der Waals surface area contributed by atoms with Gasteiger partial charge in [0.25, 0.3) is 0 Å². The van der Waals surface area contributed by atoms with Crippen LogP contribution in [0, 0.1) is 0 Å². The number of aliphatic hydroxyl groups excluding tert-OH is 2. The summed E-state index contributed by atoms with van der Waals surface area (Å²) in [4.78, 5) is 47.4. The van der Waals surface area contributed by atoms with Crippen molar-refractivity contribution in [2.45, 2.75) is 81.9 Å². The smallest absolute Gasteiger partial charge is 0.744 e. The van der Waals surface area contributed by atoms with Gasteiger partial charge in [-0.1, -0.05) is 12.8 Å². The van der Waals surface area contributed by atoms with Crippen LogP contribution in [-0.2, 0) is 38.7 Å². The molecule has 0 unspecified atom stereocenters. The Morgan fingerprint density at radius 2 is 0.911 bits per heavy atom. The second kappa shape index (κ2) is 25.8. The van der Waals surface area contributed by atoms with Crippen LogP contribution < -0.4 is 29.6 Å². The molecule has 15 heteroatoms. The van der Waals surface area contributed by atoms with E-state index >= 15 is 0 Å². The topological polar surface area (TPSA) is 203 Å². The number of ether oxygens (including phenoxy) is 4. The first kappa shape index (κ1) is 42.7. The number of rotatable bonds is 24. The fourth-order valence-electron chi connectivity index (χ4n) is 3.75. The van der Waals surface area contributed by atoms with E-state index in [1.54, 1.807) is 0 Å². The van der Waals surface area contributed by atoms with Crippen LogP contribution in [0.3, 0.4) is 0 Å². The summed E-state index contributed by atoms with van der Waals surface area (Å²) in [5, 5.41) is 17.5. The summed E-state index contributed by atoms with van der Waals surface area (Å²) in [6.07, 6.45) is 9.95. The largest absolute Gasteiger partial charge is 1.00 e. The Kier molecular flexibility index (Phi) is 24.5. The van der Waals surface area contributed by atoms with E-state index in [1.807, 2.05) is 0 Å². The van der Waals surface area contributed by atoms with E-state index < -0.39 is 38.9 Å². The summed E-state index contributed by atoms with van der Waals surface area (Å²) in [5.41, 5.74) is -0.547. The molecule has 248 valence electrons. The summed E-state index contributed by atoms with van der Waals surface area (Å²) in [5.74, 6) is -3.11. The standard InChI is InChI=1S/C30H44O13S.Na/c31-15-7-1-3-9-17-40-27(33)13-14-28(34)41-18-10-5-6-12-20-43-30(36)25-21-24(22-26(23-25)44(37,38)39)29(35)42-19-11-4-2-8-16-32;/h13-14,21-23,31-32H,1-12,15-20H2,(H,37,38,39);/q;+1/p-1/b14-13-;. The van der Waals surface area contributed by atoms with Crippen LogP contribution >= 0.6 is 0 Å². The molecule has 45 heavy (non-hydrogen) atoms. The molecule has 0 bridgehead atoms. The fraction of sp³-hybridized carbons (Fsp3) is 0.600. The van der Waals surface area contributed by atoms with E-state index in [2.05, 4.69) is 0 Å². The summed E-state index contributed by atoms with van der Waals surface area (Å²) in [6.45, 7) is 0.610. The summed E-state index contributed by atoms with van der Waals surface area (Å²) >= 11 is 0. The van der Waals surface area contributed by atoms with Crippen LogP contribution in [-0.4, -0.2) is 86.7 Å². The number of unbranched alkanes of at least 4 members (excludes halogenated alkanes) is 9. The van der Waals surface area contributed by atoms with Crippen molar-refractivity contribution in [3.63, 3.8) is 0 Å². The average molecular weight is 667 g/mol. The van der Waals surface area contributed by atoms with Gasteiger partial charge >= 0.3 is 53.4 Å². The van der Waals surface area contributed by atoms with E-state index in [4.69, 9.17) is 29.2 Å². The van der Waals surface area contributed by atoms with Gasteiger partial charge in [-0.3, -0.25) is 0 Å². The summed E-state index contributed by atoms with van der Waals surface area (Å²) in [6, 6.07) is 2.81. The Morgan fingerprint density at radius 1 is 0.578 bits per heavy atom. The van der Waals surface area contributed by atoms with Crippen molar-refractivity contribution >= 4 is 34.0 Å². The van der Waals surface area contributed by atoms with Crippen molar-refractivity contribution in [1.82, 2.24) is 0 Å². The zero-order chi connectivity index (χ0) is 32.6. The maximum atomic E-state index is 12.5. The van der Waals surface area contributed by atoms with Crippen LogP contribution in [0.2, 0.25) is 0 Å². The normalized spacial score (nSPS) is 11.1. The van der Waals surface area contributed by atoms with Crippen LogP contribution in [0.4, 0.5) is 0 Å². The molecule has 0 spiro atoms. The Balaban J connectivity index is 0.0000194. The van der Waals surface area contributed by atoms with Crippen molar-refractivity contribution in [2.75, 3.05) is 39.6 Å². The van der Waals surface area contributed by atoms with Crippen LogP contribution in [0.1, 0.15) is 97.8 Å². The van der Waals surface area contributed by atoms with Gasteiger partial charge in [-0.15, -0.1) is 0 Å². The molecule has 2 N–H and O–H groups in total. The molecule has 13 nitrogen and oxygen atoms in total. The zero-order valence-electron chi connectivity index (χ0n) is 25.9. The maximum Gasteiger partial charge on any atom is 1.00 e. The van der Waals surface area contributed by atoms with Crippen molar-refractivity contribution in [2.24, 2.45) is 0 Å². The third kappa shape index (κ3) is 21.2. The molecule has 0 saturated carbocycles. The molecule has 0 fully saturated rings. The maximum absolute atomic E-state index is 12.5. The molecule has 0 saturated heterocycles. The summed E-state index contributed by atoms with van der Waals surface area (Å²) in [7, 11) is -4.97. The van der Waals surface area contributed by atoms with Crippen molar-refractivity contribution < 1.29 is 90.9 Å². The van der Waals surface area contributed by atoms with E-state index in [0.717, 1.165) is 56.0 Å². The van der Waals surface area contributed by atoms with Crippen molar-refractivity contribution in [1.29, 1.82) is 0 Å². The first-order valence-electron chi connectivity index (χ1n) is 14.8. The van der Waals surface area contributed by atoms with Gasteiger partial charge in [0.1, 0.15) is 10.1 Å². The monoisotopic (exact) mass is 666 g/mol. The molecule has 0 heterocycles. The predicted molar refractivity (Wildman–Crippen MR) is 156 cm³/mol. The van der Waals surface area contributed by atoms with Crippen molar-refractivity contribution in [3.8, 4) is 0 Å². The van der Waals surface area contributed by atoms with Crippen LogP contribution in [0.25, 0.3) is 0 Å². The zero-order valence-corrected chi connectivity index (χ0v) is 28.7.